The van der Waals surface area contributed by atoms with E-state index in [1.165, 1.54) is 12.8 Å². The number of pyridine rings is 1. The van der Waals surface area contributed by atoms with E-state index in [9.17, 15) is 5.11 Å². The van der Waals surface area contributed by atoms with E-state index in [0.717, 1.165) is 31.0 Å². The lowest BCUT2D eigenvalue weighted by molar-refractivity contribution is 0.0939. The second-order valence-corrected chi connectivity index (χ2v) is 6.82. The number of rotatable bonds is 8. The van der Waals surface area contributed by atoms with Crippen LogP contribution in [0.2, 0.25) is 0 Å². The lowest BCUT2D eigenvalue weighted by Gasteiger charge is -2.34. The summed E-state index contributed by atoms with van der Waals surface area (Å²) in [6.45, 7) is 2.88. The van der Waals surface area contributed by atoms with Crippen LogP contribution in [-0.4, -0.2) is 57.5 Å². The van der Waals surface area contributed by atoms with Crippen LogP contribution in [0.5, 0.6) is 0 Å². The second-order valence-electron chi connectivity index (χ2n) is 5.77. The van der Waals surface area contributed by atoms with Gasteiger partial charge in [0.15, 0.2) is 0 Å². The number of piperidine rings is 1. The van der Waals surface area contributed by atoms with E-state index in [1.54, 1.807) is 24.2 Å². The quantitative estimate of drug-likeness (QED) is 0.700. The van der Waals surface area contributed by atoms with Gasteiger partial charge in [-0.15, -0.1) is 16.9 Å². The minimum absolute atomic E-state index is 0.233. The number of nitrogens with zero attached hydrogens (tertiary/aromatic N) is 4. The zero-order valence-corrected chi connectivity index (χ0v) is 14.4. The molecule has 1 unspecified atom stereocenters. The van der Waals surface area contributed by atoms with E-state index in [-0.39, 0.29) is 12.6 Å². The monoisotopic (exact) mass is 349 g/mol. The lowest BCUT2D eigenvalue weighted by atomic mass is 10.0. The van der Waals surface area contributed by atoms with E-state index in [0.29, 0.717) is 17.7 Å². The van der Waals surface area contributed by atoms with Crippen molar-refractivity contribution in [1.29, 1.82) is 0 Å². The molecule has 2 N–H and O–H groups in total. The highest BCUT2D eigenvalue weighted by Crippen LogP contribution is 2.22. The molecule has 1 aliphatic rings. The molecular formula is C16H23N5O2S. The highest BCUT2D eigenvalue weighted by molar-refractivity contribution is 7.98. The molecule has 8 heteroatoms. The van der Waals surface area contributed by atoms with Crippen LogP contribution >= 0.6 is 11.8 Å². The first-order chi connectivity index (χ1) is 11.8. The third-order valence-electron chi connectivity index (χ3n) is 4.11. The Morgan fingerprint density at radius 1 is 1.29 bits per heavy atom. The van der Waals surface area contributed by atoms with Crippen LogP contribution < -0.4 is 5.32 Å². The number of aromatic nitrogens is 3. The molecule has 1 aliphatic heterocycles. The summed E-state index contributed by atoms with van der Waals surface area (Å²) in [5.41, 5.74) is 0. The number of thioether (sulfide) groups is 1. The van der Waals surface area contributed by atoms with Crippen molar-refractivity contribution in [3.05, 3.63) is 30.4 Å². The van der Waals surface area contributed by atoms with Crippen LogP contribution in [0.25, 0.3) is 0 Å². The maximum Gasteiger partial charge on any atom is 0.315 e. The van der Waals surface area contributed by atoms with E-state index >= 15 is 0 Å². The molecule has 0 aliphatic carbocycles. The summed E-state index contributed by atoms with van der Waals surface area (Å²) < 4.78 is 5.61. The Balaban J connectivity index is 1.41. The average molecular weight is 349 g/mol. The van der Waals surface area contributed by atoms with Gasteiger partial charge in [0.25, 0.3) is 0 Å². The van der Waals surface area contributed by atoms with Crippen LogP contribution in [0.3, 0.4) is 0 Å². The SMILES string of the molecule is OCC1CCCCN1CCNc1nnc(CSc2ccncc2)o1. The number of hydrogen-bond donors (Lipinski definition) is 2. The van der Waals surface area contributed by atoms with Gasteiger partial charge in [-0.25, -0.2) is 0 Å². The Kier molecular flexibility index (Phi) is 6.45. The third-order valence-corrected chi connectivity index (χ3v) is 5.11. The first-order valence-electron chi connectivity index (χ1n) is 8.29. The molecule has 0 bridgehead atoms. The zero-order valence-electron chi connectivity index (χ0n) is 13.6. The van der Waals surface area contributed by atoms with Crippen molar-refractivity contribution >= 4 is 17.8 Å². The number of hydrogen-bond acceptors (Lipinski definition) is 8. The highest BCUT2D eigenvalue weighted by atomic mass is 32.2. The van der Waals surface area contributed by atoms with Crippen molar-refractivity contribution in [1.82, 2.24) is 20.1 Å². The second kappa shape index (κ2) is 9.00. The van der Waals surface area contributed by atoms with Gasteiger partial charge in [0, 0.05) is 36.4 Å². The van der Waals surface area contributed by atoms with Gasteiger partial charge in [0.1, 0.15) is 0 Å². The van der Waals surface area contributed by atoms with Gasteiger partial charge in [-0.2, -0.15) is 0 Å². The van der Waals surface area contributed by atoms with Gasteiger partial charge < -0.3 is 14.8 Å². The Bertz CT molecular complexity index is 610. The molecule has 1 saturated heterocycles. The minimum Gasteiger partial charge on any atom is -0.407 e. The van der Waals surface area contributed by atoms with Crippen LogP contribution in [0, 0.1) is 0 Å². The fourth-order valence-electron chi connectivity index (χ4n) is 2.83. The van der Waals surface area contributed by atoms with Gasteiger partial charge in [-0.05, 0) is 31.5 Å². The van der Waals surface area contributed by atoms with Crippen molar-refractivity contribution in [2.24, 2.45) is 0 Å². The number of aliphatic hydroxyl groups excluding tert-OH is 1. The molecule has 0 spiro atoms. The molecule has 1 atom stereocenters. The van der Waals surface area contributed by atoms with E-state index in [1.807, 2.05) is 12.1 Å². The number of nitrogens with one attached hydrogen (secondary N) is 1. The van der Waals surface area contributed by atoms with Crippen LogP contribution in [0.15, 0.2) is 33.8 Å². The van der Waals surface area contributed by atoms with Gasteiger partial charge in [0.2, 0.25) is 5.89 Å². The molecule has 3 rings (SSSR count). The highest BCUT2D eigenvalue weighted by Gasteiger charge is 2.21. The Hall–Kier alpha value is -1.64. The largest absolute Gasteiger partial charge is 0.407 e. The number of aliphatic hydroxyl groups is 1. The normalized spacial score (nSPS) is 18.6. The maximum absolute atomic E-state index is 9.42. The summed E-state index contributed by atoms with van der Waals surface area (Å²) >= 11 is 1.64. The topological polar surface area (TPSA) is 87.3 Å². The molecule has 1 fully saturated rings. The Labute approximate surface area is 145 Å². The summed E-state index contributed by atoms with van der Waals surface area (Å²) in [4.78, 5) is 7.44. The maximum atomic E-state index is 9.42. The van der Waals surface area contributed by atoms with Crippen LogP contribution in [0.4, 0.5) is 6.01 Å². The molecule has 0 aromatic carbocycles. The standard InChI is InChI=1S/C16H23N5O2S/c22-11-13-3-1-2-9-21(13)10-8-18-16-20-19-15(23-16)12-24-14-4-6-17-7-5-14/h4-7,13,22H,1-3,8-12H2,(H,18,20). The molecule has 2 aromatic rings. The number of anilines is 1. The van der Waals surface area contributed by atoms with Crippen LogP contribution in [-0.2, 0) is 5.75 Å². The predicted octanol–water partition coefficient (Wildman–Crippen LogP) is 2.02. The summed E-state index contributed by atoms with van der Waals surface area (Å²) in [7, 11) is 0. The Morgan fingerprint density at radius 2 is 2.17 bits per heavy atom. The molecule has 0 radical (unpaired) electrons. The van der Waals surface area contributed by atoms with E-state index < -0.39 is 0 Å². The lowest BCUT2D eigenvalue weighted by Crippen LogP contribution is -2.44. The number of likely N-dealkylation sites (tertiary alicyclic amines) is 1. The fraction of sp³-hybridized carbons (Fsp3) is 0.562. The first-order valence-corrected chi connectivity index (χ1v) is 9.27. The van der Waals surface area contributed by atoms with Gasteiger partial charge in [0.05, 0.1) is 12.4 Å². The Morgan fingerprint density at radius 3 is 3.00 bits per heavy atom. The summed E-state index contributed by atoms with van der Waals surface area (Å²) in [6, 6.07) is 4.65. The minimum atomic E-state index is 0.233. The van der Waals surface area contributed by atoms with Gasteiger partial charge in [-0.3, -0.25) is 9.88 Å². The van der Waals surface area contributed by atoms with Crippen molar-refractivity contribution in [3.63, 3.8) is 0 Å². The molecule has 0 amide bonds. The third kappa shape index (κ3) is 4.93. The van der Waals surface area contributed by atoms with Crippen molar-refractivity contribution < 1.29 is 9.52 Å². The summed E-state index contributed by atoms with van der Waals surface area (Å²) in [5, 5.41) is 20.7. The molecule has 130 valence electrons. The summed E-state index contributed by atoms with van der Waals surface area (Å²) in [5.74, 6) is 1.24. The van der Waals surface area contributed by atoms with Gasteiger partial charge in [-0.1, -0.05) is 11.5 Å². The molecule has 3 heterocycles. The predicted molar refractivity (Wildman–Crippen MR) is 92.9 cm³/mol. The van der Waals surface area contributed by atoms with Crippen molar-refractivity contribution in [2.45, 2.75) is 36.0 Å². The molecule has 0 saturated carbocycles. The zero-order chi connectivity index (χ0) is 16.6. The fourth-order valence-corrected chi connectivity index (χ4v) is 3.55. The van der Waals surface area contributed by atoms with Gasteiger partial charge >= 0.3 is 6.01 Å². The molecular weight excluding hydrogens is 326 g/mol. The van der Waals surface area contributed by atoms with Crippen molar-refractivity contribution in [3.8, 4) is 0 Å². The van der Waals surface area contributed by atoms with E-state index in [2.05, 4.69) is 25.4 Å². The smallest absolute Gasteiger partial charge is 0.315 e. The molecule has 2 aromatic heterocycles. The molecule has 7 nitrogen and oxygen atoms in total. The van der Waals surface area contributed by atoms with E-state index in [4.69, 9.17) is 4.42 Å². The summed E-state index contributed by atoms with van der Waals surface area (Å²) in [6.07, 6.45) is 7.02. The first kappa shape index (κ1) is 17.2. The van der Waals surface area contributed by atoms with Crippen LogP contribution in [0.1, 0.15) is 25.2 Å². The van der Waals surface area contributed by atoms with Crippen molar-refractivity contribution in [2.75, 3.05) is 31.6 Å². The average Bonchev–Trinajstić information content (AvgIpc) is 3.09. The molecule has 24 heavy (non-hydrogen) atoms.